The number of hydrogen-bond donors (Lipinski definition) is 0. The summed E-state index contributed by atoms with van der Waals surface area (Å²) in [7, 11) is 1.54. The van der Waals surface area contributed by atoms with Crippen LogP contribution in [0, 0.1) is 5.82 Å². The van der Waals surface area contributed by atoms with Crippen LogP contribution in [0.4, 0.5) is 4.39 Å². The first-order valence-electron chi connectivity index (χ1n) is 7.24. The maximum Gasteiger partial charge on any atom is 0.163 e. The quantitative estimate of drug-likeness (QED) is 0.417. The molecule has 0 aliphatic heterocycles. The van der Waals surface area contributed by atoms with Crippen LogP contribution in [0.3, 0.4) is 0 Å². The van der Waals surface area contributed by atoms with Crippen molar-refractivity contribution in [2.75, 3.05) is 19.6 Å². The summed E-state index contributed by atoms with van der Waals surface area (Å²) < 4.78 is 24.2. The molecule has 0 saturated carbocycles. The van der Waals surface area contributed by atoms with Crippen LogP contribution in [-0.2, 0) is 0 Å². The number of methoxy groups -OCH3 is 1. The van der Waals surface area contributed by atoms with Crippen LogP contribution in [-0.4, -0.2) is 25.4 Å². The van der Waals surface area contributed by atoms with E-state index in [2.05, 4.69) is 0 Å². The van der Waals surface area contributed by atoms with Crippen molar-refractivity contribution in [3.05, 3.63) is 47.8 Å². The Morgan fingerprint density at radius 2 is 1.87 bits per heavy atom. The van der Waals surface area contributed by atoms with Crippen LogP contribution in [0.5, 0.6) is 11.5 Å². The van der Waals surface area contributed by atoms with E-state index >= 15 is 0 Å². The summed E-state index contributed by atoms with van der Waals surface area (Å²) in [6.07, 6.45) is 0.681. The molecule has 0 aliphatic rings. The third-order valence-corrected chi connectivity index (χ3v) is 3.64. The van der Waals surface area contributed by atoms with E-state index in [1.54, 1.807) is 31.4 Å². The maximum absolute atomic E-state index is 13.1. The van der Waals surface area contributed by atoms with Crippen LogP contribution >= 0.6 is 11.6 Å². The standard InChI is InChI=1S/C18H18ClFO3/c1-12(21)15-10-16(13-4-6-14(20)7-5-13)17(22-2)11-18(15)23-9-3-8-19/h4-7,10-11H,3,8-9H2,1-2H3. The van der Waals surface area contributed by atoms with Crippen LogP contribution < -0.4 is 9.47 Å². The van der Waals surface area contributed by atoms with Gasteiger partial charge in [-0.25, -0.2) is 4.39 Å². The second-order valence-electron chi connectivity index (χ2n) is 5.00. The number of alkyl halides is 1. The second-order valence-corrected chi connectivity index (χ2v) is 5.38. The fourth-order valence-corrected chi connectivity index (χ4v) is 2.33. The monoisotopic (exact) mass is 336 g/mol. The fraction of sp³-hybridized carbons (Fsp3) is 0.278. The van der Waals surface area contributed by atoms with Gasteiger partial charge >= 0.3 is 0 Å². The molecule has 2 rings (SSSR count). The lowest BCUT2D eigenvalue weighted by Crippen LogP contribution is -2.05. The molecule has 122 valence electrons. The van der Waals surface area contributed by atoms with Crippen molar-refractivity contribution in [3.8, 4) is 22.6 Å². The summed E-state index contributed by atoms with van der Waals surface area (Å²) >= 11 is 5.64. The summed E-state index contributed by atoms with van der Waals surface area (Å²) in [5.41, 5.74) is 1.93. The van der Waals surface area contributed by atoms with Gasteiger partial charge in [0.05, 0.1) is 19.3 Å². The van der Waals surface area contributed by atoms with E-state index in [0.717, 1.165) is 5.56 Å². The molecule has 0 saturated heterocycles. The zero-order valence-corrected chi connectivity index (χ0v) is 13.8. The van der Waals surface area contributed by atoms with Crippen molar-refractivity contribution < 1.29 is 18.7 Å². The highest BCUT2D eigenvalue weighted by Gasteiger charge is 2.16. The van der Waals surface area contributed by atoms with Crippen LogP contribution in [0.2, 0.25) is 0 Å². The lowest BCUT2D eigenvalue weighted by molar-refractivity contribution is 0.101. The number of ether oxygens (including phenoxy) is 2. The largest absolute Gasteiger partial charge is 0.496 e. The molecule has 23 heavy (non-hydrogen) atoms. The first-order chi connectivity index (χ1) is 11.1. The summed E-state index contributed by atoms with van der Waals surface area (Å²) in [6, 6.07) is 9.42. The fourth-order valence-electron chi connectivity index (χ4n) is 2.22. The van der Waals surface area contributed by atoms with Gasteiger partial charge in [0.1, 0.15) is 17.3 Å². The van der Waals surface area contributed by atoms with Gasteiger partial charge in [-0.1, -0.05) is 12.1 Å². The Hall–Kier alpha value is -2.07. The van der Waals surface area contributed by atoms with E-state index in [1.165, 1.54) is 19.1 Å². The Kier molecular flexibility index (Phi) is 5.99. The SMILES string of the molecule is COc1cc(OCCCCl)c(C(C)=O)cc1-c1ccc(F)cc1. The zero-order chi connectivity index (χ0) is 16.8. The van der Waals surface area contributed by atoms with Gasteiger partial charge < -0.3 is 9.47 Å². The Morgan fingerprint density at radius 1 is 1.17 bits per heavy atom. The molecular weight excluding hydrogens is 319 g/mol. The third-order valence-electron chi connectivity index (χ3n) is 3.37. The molecule has 0 aliphatic carbocycles. The molecule has 3 nitrogen and oxygen atoms in total. The summed E-state index contributed by atoms with van der Waals surface area (Å²) in [4.78, 5) is 11.9. The topological polar surface area (TPSA) is 35.5 Å². The minimum Gasteiger partial charge on any atom is -0.496 e. The molecule has 0 spiro atoms. The van der Waals surface area contributed by atoms with E-state index < -0.39 is 0 Å². The molecule has 0 heterocycles. The van der Waals surface area contributed by atoms with Crippen LogP contribution in [0.15, 0.2) is 36.4 Å². The molecule has 0 unspecified atom stereocenters. The number of Topliss-reactive ketones (excluding diaryl/α,β-unsaturated/α-hetero) is 1. The Balaban J connectivity index is 2.48. The van der Waals surface area contributed by atoms with Crippen molar-refractivity contribution in [2.24, 2.45) is 0 Å². The smallest absolute Gasteiger partial charge is 0.163 e. The molecule has 0 aromatic heterocycles. The van der Waals surface area contributed by atoms with Crippen LogP contribution in [0.25, 0.3) is 11.1 Å². The van der Waals surface area contributed by atoms with Gasteiger partial charge in [-0.15, -0.1) is 11.6 Å². The Labute approximate surface area is 140 Å². The minimum absolute atomic E-state index is 0.114. The van der Waals surface area contributed by atoms with E-state index in [-0.39, 0.29) is 11.6 Å². The van der Waals surface area contributed by atoms with Crippen molar-refractivity contribution in [1.82, 2.24) is 0 Å². The number of hydrogen-bond acceptors (Lipinski definition) is 3. The number of carbonyl (C=O) groups is 1. The molecule has 2 aromatic carbocycles. The van der Waals surface area contributed by atoms with E-state index in [4.69, 9.17) is 21.1 Å². The molecule has 0 fully saturated rings. The predicted molar refractivity (Wildman–Crippen MR) is 89.2 cm³/mol. The summed E-state index contributed by atoms with van der Waals surface area (Å²) in [5.74, 6) is 1.07. The minimum atomic E-state index is -0.319. The molecule has 5 heteroatoms. The van der Waals surface area contributed by atoms with Gasteiger partial charge in [0.2, 0.25) is 0 Å². The number of ketones is 1. The molecule has 0 amide bonds. The Morgan fingerprint density at radius 3 is 2.43 bits per heavy atom. The number of rotatable bonds is 7. The molecule has 2 aromatic rings. The zero-order valence-electron chi connectivity index (χ0n) is 13.1. The summed E-state index contributed by atoms with van der Waals surface area (Å²) in [5, 5.41) is 0. The third kappa shape index (κ3) is 4.23. The Bertz CT molecular complexity index is 683. The van der Waals surface area contributed by atoms with Gasteiger partial charge in [-0.05, 0) is 37.1 Å². The highest BCUT2D eigenvalue weighted by molar-refractivity contribution is 6.17. The van der Waals surface area contributed by atoms with Gasteiger partial charge in [0.25, 0.3) is 0 Å². The van der Waals surface area contributed by atoms with Gasteiger partial charge in [0.15, 0.2) is 5.78 Å². The van der Waals surface area contributed by atoms with Gasteiger partial charge in [0, 0.05) is 17.5 Å². The van der Waals surface area contributed by atoms with E-state index in [1.807, 2.05) is 0 Å². The molecule has 0 N–H and O–H groups in total. The first-order valence-corrected chi connectivity index (χ1v) is 7.78. The average molecular weight is 337 g/mol. The molecule has 0 radical (unpaired) electrons. The van der Waals surface area contributed by atoms with Gasteiger partial charge in [-0.3, -0.25) is 4.79 Å². The molecule has 0 bridgehead atoms. The van der Waals surface area contributed by atoms with Gasteiger partial charge in [-0.2, -0.15) is 0 Å². The van der Waals surface area contributed by atoms with Crippen molar-refractivity contribution >= 4 is 17.4 Å². The maximum atomic E-state index is 13.1. The molecule has 0 atom stereocenters. The number of carbonyl (C=O) groups excluding carboxylic acids is 1. The summed E-state index contributed by atoms with van der Waals surface area (Å²) in [6.45, 7) is 1.90. The number of benzene rings is 2. The molecular formula is C18H18ClFO3. The predicted octanol–water partition coefficient (Wildman–Crippen LogP) is 4.71. The normalized spacial score (nSPS) is 10.4. The van der Waals surface area contributed by atoms with E-state index in [9.17, 15) is 9.18 Å². The lowest BCUT2D eigenvalue weighted by Gasteiger charge is -2.15. The van der Waals surface area contributed by atoms with Crippen molar-refractivity contribution in [3.63, 3.8) is 0 Å². The lowest BCUT2D eigenvalue weighted by atomic mass is 9.99. The first kappa shape index (κ1) is 17.3. The van der Waals surface area contributed by atoms with E-state index in [0.29, 0.717) is 41.5 Å². The van der Waals surface area contributed by atoms with Crippen LogP contribution in [0.1, 0.15) is 23.7 Å². The highest BCUT2D eigenvalue weighted by atomic mass is 35.5. The van der Waals surface area contributed by atoms with Crippen molar-refractivity contribution in [1.29, 1.82) is 0 Å². The number of halogens is 2. The second kappa shape index (κ2) is 7.97. The average Bonchev–Trinajstić information content (AvgIpc) is 2.55. The highest BCUT2D eigenvalue weighted by Crippen LogP contribution is 2.36. The van der Waals surface area contributed by atoms with Crippen molar-refractivity contribution in [2.45, 2.75) is 13.3 Å².